The minimum atomic E-state index is 0.0902. The van der Waals surface area contributed by atoms with Crippen molar-refractivity contribution in [1.29, 1.82) is 0 Å². The molecule has 2 heterocycles. The fraction of sp³-hybridized carbons (Fsp3) is 0.536. The van der Waals surface area contributed by atoms with E-state index in [0.29, 0.717) is 13.0 Å². The summed E-state index contributed by atoms with van der Waals surface area (Å²) in [6, 6.07) is 6.60. The van der Waals surface area contributed by atoms with Crippen LogP contribution in [0.4, 0.5) is 5.69 Å². The molecule has 0 unspecified atom stereocenters. The highest BCUT2D eigenvalue weighted by atomic mass is 16.5. The quantitative estimate of drug-likeness (QED) is 0.346. The van der Waals surface area contributed by atoms with Gasteiger partial charge in [0.15, 0.2) is 0 Å². The van der Waals surface area contributed by atoms with Gasteiger partial charge in [0.05, 0.1) is 18.6 Å². The first-order valence-corrected chi connectivity index (χ1v) is 12.5. The summed E-state index contributed by atoms with van der Waals surface area (Å²) in [5.41, 5.74) is 6.16. The molecule has 0 atom stereocenters. The summed E-state index contributed by atoms with van der Waals surface area (Å²) in [4.78, 5) is 19.1. The first kappa shape index (κ1) is 26.0. The normalized spacial score (nSPS) is 18.1. The molecule has 186 valence electrons. The molecule has 0 spiro atoms. The van der Waals surface area contributed by atoms with Crippen LogP contribution in [-0.2, 0) is 14.3 Å². The van der Waals surface area contributed by atoms with E-state index in [1.165, 1.54) is 16.8 Å². The number of ether oxygens (including phenoxy) is 2. The van der Waals surface area contributed by atoms with Crippen LogP contribution in [0.15, 0.2) is 54.0 Å². The van der Waals surface area contributed by atoms with Gasteiger partial charge in [-0.2, -0.15) is 0 Å². The van der Waals surface area contributed by atoms with Gasteiger partial charge in [0.1, 0.15) is 6.73 Å². The molecule has 2 aliphatic heterocycles. The smallest absolute Gasteiger partial charge is 0.229 e. The summed E-state index contributed by atoms with van der Waals surface area (Å²) in [7, 11) is 1.61. The Balaban J connectivity index is 1.38. The molecule has 1 aromatic rings. The van der Waals surface area contributed by atoms with Gasteiger partial charge < -0.3 is 14.4 Å². The van der Waals surface area contributed by atoms with E-state index in [1.807, 2.05) is 19.1 Å². The lowest BCUT2D eigenvalue weighted by Crippen LogP contribution is -2.46. The van der Waals surface area contributed by atoms with Crippen molar-refractivity contribution in [2.45, 2.75) is 46.5 Å². The molecule has 2 aliphatic rings. The van der Waals surface area contributed by atoms with Crippen LogP contribution in [0, 0.1) is 13.8 Å². The van der Waals surface area contributed by atoms with E-state index in [0.717, 1.165) is 63.3 Å². The van der Waals surface area contributed by atoms with Crippen LogP contribution in [0.3, 0.4) is 0 Å². The number of carbonyl (C=O) groups is 1. The van der Waals surface area contributed by atoms with Gasteiger partial charge in [0, 0.05) is 45.4 Å². The maximum atomic E-state index is 12.3. The number of allylic oxidation sites excluding steroid dienone is 4. The van der Waals surface area contributed by atoms with Crippen LogP contribution in [0.1, 0.15) is 43.7 Å². The van der Waals surface area contributed by atoms with Crippen molar-refractivity contribution in [3.05, 3.63) is 65.1 Å². The highest BCUT2D eigenvalue weighted by molar-refractivity contribution is 5.81. The largest absolute Gasteiger partial charge is 0.501 e. The molecule has 0 aromatic heterocycles. The zero-order valence-corrected chi connectivity index (χ0v) is 21.4. The molecular weight excluding hydrogens is 426 g/mol. The second-order valence-electron chi connectivity index (χ2n) is 9.08. The number of unbranched alkanes of at least 4 members (excludes halogenated alkanes) is 1. The van der Waals surface area contributed by atoms with E-state index in [1.54, 1.807) is 18.3 Å². The minimum absolute atomic E-state index is 0.0902. The Morgan fingerprint density at radius 1 is 1.03 bits per heavy atom. The molecule has 1 amide bonds. The number of carbonyl (C=O) groups excluding carboxylic acids is 1. The number of anilines is 1. The first-order chi connectivity index (χ1) is 16.5. The fourth-order valence-electron chi connectivity index (χ4n) is 4.64. The Kier molecular flexibility index (Phi) is 10.2. The maximum Gasteiger partial charge on any atom is 0.229 e. The summed E-state index contributed by atoms with van der Waals surface area (Å²) in [5, 5.41) is 0. The van der Waals surface area contributed by atoms with Gasteiger partial charge in [-0.25, -0.2) is 0 Å². The molecule has 0 N–H and O–H groups in total. The SMILES string of the molecule is C/C=C\C1=C(/C=C/OCCCCN2CCN(c3cccc(C)c3C)CC2)N(COC)C(=O)CC1. The molecule has 0 bridgehead atoms. The van der Waals surface area contributed by atoms with Crippen LogP contribution in [-0.4, -0.2) is 68.9 Å². The molecule has 34 heavy (non-hydrogen) atoms. The second-order valence-corrected chi connectivity index (χ2v) is 9.08. The zero-order chi connectivity index (χ0) is 24.3. The van der Waals surface area contributed by atoms with E-state index in [4.69, 9.17) is 9.47 Å². The summed E-state index contributed by atoms with van der Waals surface area (Å²) in [6.45, 7) is 12.9. The highest BCUT2D eigenvalue weighted by Crippen LogP contribution is 2.26. The van der Waals surface area contributed by atoms with Crippen molar-refractivity contribution in [1.82, 2.24) is 9.80 Å². The average Bonchev–Trinajstić information content (AvgIpc) is 2.84. The predicted octanol–water partition coefficient (Wildman–Crippen LogP) is 4.79. The third kappa shape index (κ3) is 6.97. The number of amides is 1. The van der Waals surface area contributed by atoms with E-state index in [2.05, 4.69) is 47.9 Å². The van der Waals surface area contributed by atoms with Crippen molar-refractivity contribution in [3.8, 4) is 0 Å². The third-order valence-corrected chi connectivity index (χ3v) is 6.75. The summed E-state index contributed by atoms with van der Waals surface area (Å²) >= 11 is 0. The molecular formula is C28H41N3O3. The predicted molar refractivity (Wildman–Crippen MR) is 139 cm³/mol. The van der Waals surface area contributed by atoms with Crippen molar-refractivity contribution >= 4 is 11.6 Å². The molecule has 1 aromatic carbocycles. The summed E-state index contributed by atoms with van der Waals surface area (Å²) in [5.74, 6) is 0.0902. The van der Waals surface area contributed by atoms with Gasteiger partial charge in [-0.1, -0.05) is 24.3 Å². The van der Waals surface area contributed by atoms with E-state index in [9.17, 15) is 4.79 Å². The number of aryl methyl sites for hydroxylation is 1. The number of rotatable bonds is 11. The molecule has 1 fully saturated rings. The minimum Gasteiger partial charge on any atom is -0.501 e. The Morgan fingerprint density at radius 3 is 2.56 bits per heavy atom. The van der Waals surface area contributed by atoms with Gasteiger partial charge in [-0.3, -0.25) is 14.6 Å². The topological polar surface area (TPSA) is 45.2 Å². The molecule has 0 radical (unpaired) electrons. The number of piperazine rings is 1. The second kappa shape index (κ2) is 13.4. The Labute approximate surface area is 205 Å². The molecule has 3 rings (SSSR count). The number of methoxy groups -OCH3 is 1. The number of hydrogen-bond acceptors (Lipinski definition) is 5. The van der Waals surface area contributed by atoms with Crippen molar-refractivity contribution in [2.75, 3.05) is 58.1 Å². The average molecular weight is 468 g/mol. The van der Waals surface area contributed by atoms with Crippen LogP contribution >= 0.6 is 0 Å². The molecule has 6 heteroatoms. The van der Waals surface area contributed by atoms with Gasteiger partial charge in [-0.15, -0.1) is 0 Å². The van der Waals surface area contributed by atoms with Gasteiger partial charge >= 0.3 is 0 Å². The van der Waals surface area contributed by atoms with Crippen LogP contribution in [0.2, 0.25) is 0 Å². The molecule has 0 saturated carbocycles. The number of benzene rings is 1. The zero-order valence-electron chi connectivity index (χ0n) is 21.4. The van der Waals surface area contributed by atoms with E-state index in [-0.39, 0.29) is 12.6 Å². The van der Waals surface area contributed by atoms with Crippen LogP contribution in [0.25, 0.3) is 0 Å². The third-order valence-electron chi connectivity index (χ3n) is 6.75. The maximum absolute atomic E-state index is 12.3. The Bertz CT molecular complexity index is 898. The lowest BCUT2D eigenvalue weighted by atomic mass is 10.0. The number of nitrogens with zero attached hydrogens (tertiary/aromatic N) is 3. The lowest BCUT2D eigenvalue weighted by Gasteiger charge is -2.37. The summed E-state index contributed by atoms with van der Waals surface area (Å²) < 4.78 is 11.0. The van der Waals surface area contributed by atoms with Gasteiger partial charge in [0.2, 0.25) is 5.91 Å². The Morgan fingerprint density at radius 2 is 1.82 bits per heavy atom. The molecule has 0 aliphatic carbocycles. The standard InChI is InChI=1S/C28H41N3O3/c1-5-9-25-12-13-28(32)31(22-33-4)27(25)14-21-34-20-7-6-15-29-16-18-30(19-17-29)26-11-8-10-23(2)24(26)3/h5,8-11,14,21H,6-7,12-13,15-20,22H2,1-4H3/b9-5-,21-14+. The number of hydrogen-bond donors (Lipinski definition) is 0. The molecule has 6 nitrogen and oxygen atoms in total. The molecule has 1 saturated heterocycles. The highest BCUT2D eigenvalue weighted by Gasteiger charge is 2.24. The lowest BCUT2D eigenvalue weighted by molar-refractivity contribution is -0.133. The first-order valence-electron chi connectivity index (χ1n) is 12.5. The van der Waals surface area contributed by atoms with Crippen molar-refractivity contribution in [2.24, 2.45) is 0 Å². The van der Waals surface area contributed by atoms with E-state index < -0.39 is 0 Å². The fourth-order valence-corrected chi connectivity index (χ4v) is 4.64. The van der Waals surface area contributed by atoms with Crippen molar-refractivity contribution in [3.63, 3.8) is 0 Å². The van der Waals surface area contributed by atoms with Gasteiger partial charge in [-0.05, 0) is 75.4 Å². The van der Waals surface area contributed by atoms with Gasteiger partial charge in [0.25, 0.3) is 0 Å². The van der Waals surface area contributed by atoms with E-state index >= 15 is 0 Å². The summed E-state index contributed by atoms with van der Waals surface area (Å²) in [6.07, 6.45) is 11.1. The Hall–Kier alpha value is -2.57. The van der Waals surface area contributed by atoms with Crippen LogP contribution in [0.5, 0.6) is 0 Å². The monoisotopic (exact) mass is 467 g/mol. The van der Waals surface area contributed by atoms with Crippen LogP contribution < -0.4 is 4.90 Å². The van der Waals surface area contributed by atoms with Crippen molar-refractivity contribution < 1.29 is 14.3 Å².